The number of piperazine rings is 1. The van der Waals surface area contributed by atoms with E-state index in [4.69, 9.17) is 11.6 Å². The molecule has 1 aliphatic heterocycles. The van der Waals surface area contributed by atoms with Crippen LogP contribution in [0.15, 0.2) is 18.3 Å². The minimum atomic E-state index is -0.368. The van der Waals surface area contributed by atoms with Gasteiger partial charge in [0.25, 0.3) is 0 Å². The molecule has 0 spiro atoms. The first-order valence-electron chi connectivity index (χ1n) is 12.1. The third-order valence-corrected chi connectivity index (χ3v) is 7.25. The summed E-state index contributed by atoms with van der Waals surface area (Å²) in [5.41, 5.74) is 2.52. The van der Waals surface area contributed by atoms with Gasteiger partial charge in [0.15, 0.2) is 5.65 Å². The number of hydrogen-bond donors (Lipinski definition) is 3. The van der Waals surface area contributed by atoms with E-state index in [0.29, 0.717) is 58.1 Å². The van der Waals surface area contributed by atoms with Crippen LogP contribution in [0, 0.1) is 22.7 Å². The van der Waals surface area contributed by atoms with Gasteiger partial charge in [-0.25, -0.2) is 0 Å². The van der Waals surface area contributed by atoms with Crippen LogP contribution in [0.5, 0.6) is 0 Å². The smallest absolute Gasteiger partial charge is 0.232 e. The van der Waals surface area contributed by atoms with Crippen molar-refractivity contribution in [2.24, 2.45) is 0 Å². The van der Waals surface area contributed by atoms with E-state index < -0.39 is 0 Å². The van der Waals surface area contributed by atoms with E-state index >= 15 is 0 Å². The van der Waals surface area contributed by atoms with Gasteiger partial charge >= 0.3 is 0 Å². The van der Waals surface area contributed by atoms with E-state index in [9.17, 15) is 15.6 Å². The van der Waals surface area contributed by atoms with Crippen LogP contribution in [0.2, 0.25) is 5.02 Å². The molecule has 2 aliphatic carbocycles. The average molecular weight is 505 g/mol. The number of anilines is 4. The van der Waals surface area contributed by atoms with Gasteiger partial charge in [-0.2, -0.15) is 30.1 Å². The molecule has 3 heterocycles. The summed E-state index contributed by atoms with van der Waals surface area (Å²) in [5, 5.41) is 40.3. The van der Waals surface area contributed by atoms with Gasteiger partial charge < -0.3 is 20.6 Å². The van der Waals surface area contributed by atoms with Crippen LogP contribution in [0.1, 0.15) is 37.3 Å². The summed E-state index contributed by atoms with van der Waals surface area (Å²) >= 11 is 6.91. The van der Waals surface area contributed by atoms with E-state index in [2.05, 4.69) is 47.6 Å². The molecule has 11 nitrogen and oxygen atoms in total. The van der Waals surface area contributed by atoms with Crippen molar-refractivity contribution in [3.8, 4) is 12.1 Å². The number of halogens is 1. The predicted molar refractivity (Wildman–Crippen MR) is 134 cm³/mol. The van der Waals surface area contributed by atoms with Crippen LogP contribution < -0.4 is 15.5 Å². The molecular formula is C24H25ClN10O. The topological polar surface area (TPSA) is 141 Å². The molecule has 36 heavy (non-hydrogen) atoms. The van der Waals surface area contributed by atoms with Crippen molar-refractivity contribution in [1.29, 1.82) is 10.5 Å². The molecule has 3 aliphatic rings. The normalized spacial score (nSPS) is 22.0. The van der Waals surface area contributed by atoms with Crippen LogP contribution in [-0.4, -0.2) is 73.5 Å². The number of rotatable bonds is 7. The average Bonchev–Trinajstić information content (AvgIpc) is 3.78. The Labute approximate surface area is 212 Å². The van der Waals surface area contributed by atoms with E-state index in [1.807, 2.05) is 13.0 Å². The first kappa shape index (κ1) is 22.8. The van der Waals surface area contributed by atoms with Crippen molar-refractivity contribution >= 4 is 40.5 Å². The second-order valence-corrected chi connectivity index (χ2v) is 10.1. The maximum Gasteiger partial charge on any atom is 0.232 e. The largest absolute Gasteiger partial charge is 0.392 e. The molecule has 1 saturated heterocycles. The summed E-state index contributed by atoms with van der Waals surface area (Å²) in [5.74, 6) is 0.756. The van der Waals surface area contributed by atoms with Crippen molar-refractivity contribution in [2.45, 2.75) is 50.4 Å². The van der Waals surface area contributed by atoms with Crippen molar-refractivity contribution in [3.63, 3.8) is 0 Å². The van der Waals surface area contributed by atoms with Crippen LogP contribution in [0.25, 0.3) is 5.65 Å². The lowest BCUT2D eigenvalue weighted by Crippen LogP contribution is -2.48. The highest BCUT2D eigenvalue weighted by Crippen LogP contribution is 2.44. The number of fused-ring (bicyclic) bond motifs is 2. The molecule has 2 aromatic heterocycles. The number of nitrogens with zero attached hydrogens (tertiary/aromatic N) is 8. The summed E-state index contributed by atoms with van der Waals surface area (Å²) in [6.45, 7) is 4.03. The molecule has 184 valence electrons. The Kier molecular flexibility index (Phi) is 5.56. The highest BCUT2D eigenvalue weighted by atomic mass is 35.5. The number of hydrogen-bond acceptors (Lipinski definition) is 10. The van der Waals surface area contributed by atoms with Gasteiger partial charge in [0, 0.05) is 37.8 Å². The zero-order valence-corrected chi connectivity index (χ0v) is 20.4. The molecule has 6 rings (SSSR count). The number of aromatic nitrogens is 4. The zero-order chi connectivity index (χ0) is 25.0. The maximum absolute atomic E-state index is 9.81. The minimum Gasteiger partial charge on any atom is -0.392 e. The molecule has 0 radical (unpaired) electrons. The van der Waals surface area contributed by atoms with E-state index in [0.717, 1.165) is 38.0 Å². The molecule has 3 aromatic rings. The Bertz CT molecular complexity index is 1420. The third kappa shape index (κ3) is 4.16. The Morgan fingerprint density at radius 2 is 2.03 bits per heavy atom. The van der Waals surface area contributed by atoms with Gasteiger partial charge in [0.05, 0.1) is 40.3 Å². The summed E-state index contributed by atoms with van der Waals surface area (Å²) in [7, 11) is 0. The van der Waals surface area contributed by atoms with Crippen LogP contribution in [0.3, 0.4) is 0 Å². The molecule has 2 saturated carbocycles. The Morgan fingerprint density at radius 3 is 2.75 bits per heavy atom. The quantitative estimate of drug-likeness (QED) is 0.439. The zero-order valence-electron chi connectivity index (χ0n) is 19.7. The van der Waals surface area contributed by atoms with Crippen LogP contribution >= 0.6 is 11.6 Å². The molecule has 3 fully saturated rings. The third-order valence-electron chi connectivity index (χ3n) is 6.86. The first-order valence-corrected chi connectivity index (χ1v) is 12.4. The molecule has 2 unspecified atom stereocenters. The summed E-state index contributed by atoms with van der Waals surface area (Å²) in [4.78, 5) is 13.7. The fraction of sp³-hybridized carbons (Fsp3) is 0.458. The number of aliphatic hydroxyl groups is 1. The number of aliphatic hydroxyl groups excluding tert-OH is 1. The second kappa shape index (κ2) is 8.79. The van der Waals surface area contributed by atoms with Crippen LogP contribution in [0.4, 0.5) is 23.3 Å². The first-order chi connectivity index (χ1) is 17.4. The molecular weight excluding hydrogens is 480 g/mol. The minimum absolute atomic E-state index is 0.261. The Balaban J connectivity index is 1.33. The van der Waals surface area contributed by atoms with E-state index in [1.54, 1.807) is 6.07 Å². The fourth-order valence-corrected chi connectivity index (χ4v) is 5.20. The summed E-state index contributed by atoms with van der Waals surface area (Å²) in [6.07, 6.45) is 4.19. The predicted octanol–water partition coefficient (Wildman–Crippen LogP) is 2.48. The Morgan fingerprint density at radius 1 is 1.19 bits per heavy atom. The van der Waals surface area contributed by atoms with Crippen molar-refractivity contribution in [3.05, 3.63) is 34.5 Å². The second-order valence-electron chi connectivity index (χ2n) is 9.70. The Hall–Kier alpha value is -3.64. The lowest BCUT2D eigenvalue weighted by Gasteiger charge is -2.36. The summed E-state index contributed by atoms with van der Waals surface area (Å²) in [6, 6.07) is 8.85. The molecule has 1 aromatic carbocycles. The fourth-order valence-electron chi connectivity index (χ4n) is 4.94. The van der Waals surface area contributed by atoms with Crippen molar-refractivity contribution in [2.75, 3.05) is 35.2 Å². The molecule has 3 N–H and O–H groups in total. The van der Waals surface area contributed by atoms with Gasteiger partial charge in [-0.3, -0.25) is 4.90 Å². The number of nitrogens with one attached hydrogen (secondary N) is 2. The van der Waals surface area contributed by atoms with Gasteiger partial charge in [-0.05, 0) is 38.3 Å². The van der Waals surface area contributed by atoms with Crippen molar-refractivity contribution < 1.29 is 5.11 Å². The molecule has 3 atom stereocenters. The lowest BCUT2D eigenvalue weighted by molar-refractivity contribution is 0.116. The molecule has 12 heteroatoms. The van der Waals surface area contributed by atoms with Gasteiger partial charge in [0.1, 0.15) is 11.6 Å². The summed E-state index contributed by atoms with van der Waals surface area (Å²) < 4.78 is 1.53. The molecule has 0 amide bonds. The monoisotopic (exact) mass is 504 g/mol. The number of nitriles is 2. The maximum atomic E-state index is 9.81. The standard InChI is InChI=1S/C24H25ClN10O/c1-13(36)12-33-4-5-34(19-8-18(19)33)20-7-14(9-26)6-17(21(20)25)30-23-31-22-15(10-27)11-28-35(22)24(32-23)29-16-2-3-16/h6-7,11,13,16,18-19,36H,2-5,8,12H2,1H3,(H2,29,30,31,32)/t13-,18?,19?/m1/s1. The lowest BCUT2D eigenvalue weighted by atomic mass is 10.1. The van der Waals surface area contributed by atoms with Gasteiger partial charge in [-0.1, -0.05) is 11.6 Å². The number of β-amino-alcohol motifs (C(OH)–C–C–N with tert-alkyl or cyclic N) is 1. The van der Waals surface area contributed by atoms with Crippen molar-refractivity contribution in [1.82, 2.24) is 24.5 Å². The van der Waals surface area contributed by atoms with E-state index in [1.165, 1.54) is 10.7 Å². The number of benzene rings is 1. The van der Waals surface area contributed by atoms with Gasteiger partial charge in [-0.15, -0.1) is 0 Å². The van der Waals surface area contributed by atoms with Gasteiger partial charge in [0.2, 0.25) is 11.9 Å². The van der Waals surface area contributed by atoms with E-state index in [-0.39, 0.29) is 12.1 Å². The van der Waals surface area contributed by atoms with Crippen LogP contribution in [-0.2, 0) is 0 Å². The highest BCUT2D eigenvalue weighted by molar-refractivity contribution is 6.36. The highest BCUT2D eigenvalue weighted by Gasteiger charge is 2.49. The SMILES string of the molecule is C[C@@H](O)CN1CCN(c2cc(C#N)cc(Nc3nc(NC4CC4)n4ncc(C#N)c4n3)c2Cl)C2CC21. The molecule has 0 bridgehead atoms.